The van der Waals surface area contributed by atoms with E-state index in [0.717, 1.165) is 37.3 Å². The van der Waals surface area contributed by atoms with Gasteiger partial charge in [-0.05, 0) is 79.5 Å². The van der Waals surface area contributed by atoms with E-state index in [-0.39, 0.29) is 29.1 Å². The summed E-state index contributed by atoms with van der Waals surface area (Å²) in [5.74, 6) is -0.109. The van der Waals surface area contributed by atoms with Crippen LogP contribution in [0.5, 0.6) is 0 Å². The number of nitrogens with one attached hydrogen (secondary N) is 1. The molecule has 1 aromatic heterocycles. The summed E-state index contributed by atoms with van der Waals surface area (Å²) in [6.07, 6.45) is 0.650. The minimum Gasteiger partial charge on any atom is -0.326 e. The Morgan fingerprint density at radius 2 is 1.71 bits per heavy atom. The standard InChI is InChI=1S/C24H22F4N2O/c25-17-8-10-18(11-9-17)30-22(31)14-15-4-6-16(7-5-15)19-12-13-29-23-20(19)2-1-3-21(23)24(26,27)28/h1-3,8-13,15-16H,4-7,14H2,(H,30,31)/t15-,16-. The molecule has 2 aromatic carbocycles. The van der Waals surface area contributed by atoms with Crippen molar-refractivity contribution < 1.29 is 22.4 Å². The zero-order valence-corrected chi connectivity index (χ0v) is 16.8. The van der Waals surface area contributed by atoms with Gasteiger partial charge in [0.2, 0.25) is 5.91 Å². The molecule has 1 fully saturated rings. The van der Waals surface area contributed by atoms with Crippen molar-refractivity contribution in [3.63, 3.8) is 0 Å². The van der Waals surface area contributed by atoms with E-state index in [1.807, 2.05) is 6.07 Å². The second-order valence-corrected chi connectivity index (χ2v) is 8.08. The molecule has 3 aromatic rings. The number of aromatic nitrogens is 1. The number of hydrogen-bond donors (Lipinski definition) is 1. The van der Waals surface area contributed by atoms with Crippen molar-refractivity contribution in [3.8, 4) is 0 Å². The van der Waals surface area contributed by atoms with Crippen molar-refractivity contribution in [2.75, 3.05) is 5.32 Å². The number of alkyl halides is 3. The second kappa shape index (κ2) is 8.65. The highest BCUT2D eigenvalue weighted by Crippen LogP contribution is 2.41. The molecule has 0 spiro atoms. The number of anilines is 1. The molecule has 1 aliphatic carbocycles. The van der Waals surface area contributed by atoms with Crippen molar-refractivity contribution in [3.05, 3.63) is 71.7 Å². The van der Waals surface area contributed by atoms with Gasteiger partial charge in [-0.25, -0.2) is 4.39 Å². The van der Waals surface area contributed by atoms with Gasteiger partial charge in [-0.3, -0.25) is 9.78 Å². The van der Waals surface area contributed by atoms with E-state index in [0.29, 0.717) is 17.5 Å². The average molecular weight is 430 g/mol. The van der Waals surface area contributed by atoms with Gasteiger partial charge in [0.15, 0.2) is 0 Å². The Morgan fingerprint density at radius 1 is 1.00 bits per heavy atom. The number of nitrogens with zero attached hydrogens (tertiary/aromatic N) is 1. The van der Waals surface area contributed by atoms with Crippen LogP contribution in [0.2, 0.25) is 0 Å². The fraction of sp³-hybridized carbons (Fsp3) is 0.333. The Kier molecular flexibility index (Phi) is 5.94. The summed E-state index contributed by atoms with van der Waals surface area (Å²) in [7, 11) is 0. The number of carbonyl (C=O) groups excluding carboxylic acids is 1. The Morgan fingerprint density at radius 3 is 2.39 bits per heavy atom. The highest BCUT2D eigenvalue weighted by Gasteiger charge is 2.34. The van der Waals surface area contributed by atoms with Gasteiger partial charge in [-0.15, -0.1) is 0 Å². The van der Waals surface area contributed by atoms with Crippen LogP contribution < -0.4 is 5.32 Å². The summed E-state index contributed by atoms with van der Waals surface area (Å²) in [6, 6.07) is 11.7. The first-order valence-corrected chi connectivity index (χ1v) is 10.3. The van der Waals surface area contributed by atoms with Gasteiger partial charge in [0.05, 0.1) is 11.1 Å². The summed E-state index contributed by atoms with van der Waals surface area (Å²) < 4.78 is 53.0. The third kappa shape index (κ3) is 4.86. The summed E-state index contributed by atoms with van der Waals surface area (Å²) in [4.78, 5) is 16.3. The van der Waals surface area contributed by atoms with Crippen LogP contribution in [0.25, 0.3) is 10.9 Å². The maximum absolute atomic E-state index is 13.3. The zero-order chi connectivity index (χ0) is 22.0. The van der Waals surface area contributed by atoms with E-state index < -0.39 is 11.7 Å². The normalized spacial score (nSPS) is 19.4. The van der Waals surface area contributed by atoms with Crippen LogP contribution in [0.1, 0.15) is 49.1 Å². The summed E-state index contributed by atoms with van der Waals surface area (Å²) >= 11 is 0. The average Bonchev–Trinajstić information content (AvgIpc) is 2.74. The van der Waals surface area contributed by atoms with Gasteiger partial charge in [0.1, 0.15) is 5.82 Å². The fourth-order valence-electron chi connectivity index (χ4n) is 4.47. The number of fused-ring (bicyclic) bond motifs is 1. The highest BCUT2D eigenvalue weighted by molar-refractivity contribution is 5.90. The zero-order valence-electron chi connectivity index (χ0n) is 16.8. The molecule has 1 amide bonds. The van der Waals surface area contributed by atoms with Crippen LogP contribution in [0.3, 0.4) is 0 Å². The molecule has 1 aliphatic rings. The van der Waals surface area contributed by atoms with Gasteiger partial charge in [-0.1, -0.05) is 12.1 Å². The van der Waals surface area contributed by atoms with Gasteiger partial charge >= 0.3 is 6.18 Å². The number of carbonyl (C=O) groups is 1. The van der Waals surface area contributed by atoms with Crippen LogP contribution in [0.4, 0.5) is 23.2 Å². The first-order chi connectivity index (χ1) is 14.8. The lowest BCUT2D eigenvalue weighted by Crippen LogP contribution is -2.20. The third-order valence-corrected chi connectivity index (χ3v) is 6.00. The molecule has 0 unspecified atom stereocenters. The van der Waals surface area contributed by atoms with E-state index in [1.165, 1.54) is 36.5 Å². The van der Waals surface area contributed by atoms with Crippen LogP contribution in [0, 0.1) is 11.7 Å². The number of halogens is 4. The summed E-state index contributed by atoms with van der Waals surface area (Å²) in [5, 5.41) is 3.33. The molecule has 0 radical (unpaired) electrons. The molecular formula is C24H22F4N2O. The minimum atomic E-state index is -4.44. The molecule has 4 rings (SSSR count). The van der Waals surface area contributed by atoms with Crippen LogP contribution >= 0.6 is 0 Å². The molecule has 7 heteroatoms. The van der Waals surface area contributed by atoms with E-state index >= 15 is 0 Å². The number of amides is 1. The smallest absolute Gasteiger partial charge is 0.326 e. The molecule has 1 N–H and O–H groups in total. The van der Waals surface area contributed by atoms with Gasteiger partial charge in [0, 0.05) is 23.7 Å². The van der Waals surface area contributed by atoms with E-state index in [9.17, 15) is 22.4 Å². The lowest BCUT2D eigenvalue weighted by Gasteiger charge is -2.29. The van der Waals surface area contributed by atoms with Gasteiger partial charge in [0.25, 0.3) is 0 Å². The molecule has 31 heavy (non-hydrogen) atoms. The first kappa shape index (κ1) is 21.3. The van der Waals surface area contributed by atoms with Gasteiger partial charge in [-0.2, -0.15) is 13.2 Å². The number of benzene rings is 2. The topological polar surface area (TPSA) is 42.0 Å². The molecule has 0 aliphatic heterocycles. The Hall–Kier alpha value is -2.96. The minimum absolute atomic E-state index is 0.00620. The summed E-state index contributed by atoms with van der Waals surface area (Å²) in [6.45, 7) is 0. The number of rotatable bonds is 4. The predicted molar refractivity (Wildman–Crippen MR) is 111 cm³/mol. The lowest BCUT2D eigenvalue weighted by molar-refractivity contribution is -0.136. The SMILES string of the molecule is O=C(C[C@H]1CC[C@H](c2ccnc3c(C(F)(F)F)cccc32)CC1)Nc1ccc(F)cc1. The van der Waals surface area contributed by atoms with Crippen molar-refractivity contribution in [2.45, 2.75) is 44.2 Å². The largest absolute Gasteiger partial charge is 0.418 e. The third-order valence-electron chi connectivity index (χ3n) is 6.00. The van der Waals surface area contributed by atoms with Crippen LogP contribution in [-0.2, 0) is 11.0 Å². The Labute approximate surface area is 177 Å². The van der Waals surface area contributed by atoms with Crippen molar-refractivity contribution in [1.29, 1.82) is 0 Å². The fourth-order valence-corrected chi connectivity index (χ4v) is 4.47. The number of pyridine rings is 1. The van der Waals surface area contributed by atoms with Crippen molar-refractivity contribution in [2.24, 2.45) is 5.92 Å². The number of para-hydroxylation sites is 1. The molecule has 0 atom stereocenters. The van der Waals surface area contributed by atoms with Gasteiger partial charge < -0.3 is 5.32 Å². The number of hydrogen-bond acceptors (Lipinski definition) is 2. The van der Waals surface area contributed by atoms with E-state index in [4.69, 9.17) is 0 Å². The molecule has 0 bridgehead atoms. The second-order valence-electron chi connectivity index (χ2n) is 8.08. The molecule has 1 heterocycles. The Balaban J connectivity index is 1.41. The van der Waals surface area contributed by atoms with E-state index in [2.05, 4.69) is 10.3 Å². The first-order valence-electron chi connectivity index (χ1n) is 10.3. The molecule has 162 valence electrons. The molecule has 0 saturated heterocycles. The molecule has 3 nitrogen and oxygen atoms in total. The lowest BCUT2D eigenvalue weighted by atomic mass is 9.76. The quantitative estimate of drug-likeness (QED) is 0.468. The summed E-state index contributed by atoms with van der Waals surface area (Å²) in [5.41, 5.74) is 0.737. The highest BCUT2D eigenvalue weighted by atomic mass is 19.4. The molecule has 1 saturated carbocycles. The van der Waals surface area contributed by atoms with E-state index in [1.54, 1.807) is 6.07 Å². The maximum Gasteiger partial charge on any atom is 0.418 e. The maximum atomic E-state index is 13.3. The van der Waals surface area contributed by atoms with Crippen LogP contribution in [-0.4, -0.2) is 10.9 Å². The Bertz CT molecular complexity index is 1070. The van der Waals surface area contributed by atoms with Crippen molar-refractivity contribution in [1.82, 2.24) is 4.98 Å². The van der Waals surface area contributed by atoms with Crippen molar-refractivity contribution >= 4 is 22.5 Å². The van der Waals surface area contributed by atoms with Crippen LogP contribution in [0.15, 0.2) is 54.7 Å². The molecular weight excluding hydrogens is 408 g/mol. The monoisotopic (exact) mass is 430 g/mol. The predicted octanol–water partition coefficient (Wildman–Crippen LogP) is 6.70.